The molecule has 0 spiro atoms. The van der Waals surface area contributed by atoms with Crippen molar-refractivity contribution in [3.8, 4) is 17.2 Å². The first-order valence-corrected chi connectivity index (χ1v) is 11.9. The highest BCUT2D eigenvalue weighted by Gasteiger charge is 2.31. The van der Waals surface area contributed by atoms with E-state index in [1.807, 2.05) is 13.8 Å². The molecule has 10 heteroatoms. The van der Waals surface area contributed by atoms with E-state index in [0.29, 0.717) is 11.3 Å². The molecule has 2 rings (SSSR count). The number of halogens is 1. The lowest BCUT2D eigenvalue weighted by Gasteiger charge is -2.29. The van der Waals surface area contributed by atoms with E-state index < -0.39 is 42.6 Å². The summed E-state index contributed by atoms with van der Waals surface area (Å²) >= 11 is 0. The van der Waals surface area contributed by atoms with Crippen LogP contribution in [-0.2, 0) is 19.1 Å². The maximum Gasteiger partial charge on any atom is 0.309 e. The van der Waals surface area contributed by atoms with Gasteiger partial charge in [-0.3, -0.25) is 14.4 Å². The summed E-state index contributed by atoms with van der Waals surface area (Å²) in [6, 6.07) is 5.69. The molecule has 0 aliphatic heterocycles. The lowest BCUT2D eigenvalue weighted by molar-refractivity contribution is -0.161. The summed E-state index contributed by atoms with van der Waals surface area (Å²) in [5.74, 6) is -2.16. The standard InChI is InChI=1S/C27H34FNO8/c1-15(2)25(18(5)36-22-9-8-20(28)12-16(22)3)37-27(32)17(4)13-21(31)24-26(35-14-34-19(6)30)23(33-7)10-11-29-24/h8-12,15,17-18,25H,13-14H2,1-7H3/t17-,18+,25+/m1/s1. The van der Waals surface area contributed by atoms with Gasteiger partial charge < -0.3 is 23.7 Å². The average molecular weight is 520 g/mol. The Labute approximate surface area is 216 Å². The summed E-state index contributed by atoms with van der Waals surface area (Å²) in [5.41, 5.74) is 0.562. The molecular weight excluding hydrogens is 485 g/mol. The molecule has 0 radical (unpaired) electrons. The first-order valence-electron chi connectivity index (χ1n) is 11.9. The van der Waals surface area contributed by atoms with E-state index in [9.17, 15) is 18.8 Å². The van der Waals surface area contributed by atoms with Crippen LogP contribution in [0.15, 0.2) is 30.5 Å². The molecule has 0 fully saturated rings. The topological polar surface area (TPSA) is 110 Å². The lowest BCUT2D eigenvalue weighted by Crippen LogP contribution is -2.39. The van der Waals surface area contributed by atoms with Crippen LogP contribution in [0.1, 0.15) is 57.1 Å². The maximum atomic E-state index is 13.4. The zero-order valence-electron chi connectivity index (χ0n) is 22.2. The maximum absolute atomic E-state index is 13.4. The Bertz CT molecular complexity index is 1100. The SMILES string of the molecule is COc1ccnc(C(=O)C[C@@H](C)C(=O)O[C@@H](C(C)C)[C@H](C)Oc2ccc(F)cc2C)c1OCOC(C)=O. The fourth-order valence-corrected chi connectivity index (χ4v) is 3.60. The van der Waals surface area contributed by atoms with Crippen molar-refractivity contribution in [3.63, 3.8) is 0 Å². The van der Waals surface area contributed by atoms with Gasteiger partial charge in [0.1, 0.15) is 23.8 Å². The molecule has 0 saturated heterocycles. The normalized spacial score (nSPS) is 13.3. The fourth-order valence-electron chi connectivity index (χ4n) is 3.60. The van der Waals surface area contributed by atoms with Gasteiger partial charge in [-0.25, -0.2) is 9.37 Å². The Hall–Kier alpha value is -3.69. The van der Waals surface area contributed by atoms with E-state index in [2.05, 4.69) is 4.98 Å². The third kappa shape index (κ3) is 8.44. The number of carbonyl (C=O) groups is 3. The predicted octanol–water partition coefficient (Wildman–Crippen LogP) is 4.68. The van der Waals surface area contributed by atoms with Gasteiger partial charge in [0, 0.05) is 25.6 Å². The van der Waals surface area contributed by atoms with Crippen molar-refractivity contribution in [2.45, 2.75) is 60.2 Å². The van der Waals surface area contributed by atoms with E-state index in [-0.39, 0.29) is 35.3 Å². The van der Waals surface area contributed by atoms with Gasteiger partial charge in [0.15, 0.2) is 23.0 Å². The number of hydrogen-bond acceptors (Lipinski definition) is 9. The first kappa shape index (κ1) is 29.5. The van der Waals surface area contributed by atoms with E-state index >= 15 is 0 Å². The van der Waals surface area contributed by atoms with Crippen molar-refractivity contribution >= 4 is 17.7 Å². The number of aryl methyl sites for hydroxylation is 1. The van der Waals surface area contributed by atoms with Crippen LogP contribution in [0.2, 0.25) is 0 Å². The van der Waals surface area contributed by atoms with Crippen LogP contribution in [0.25, 0.3) is 0 Å². The fraction of sp³-hybridized carbons (Fsp3) is 0.481. The quantitative estimate of drug-likeness (QED) is 0.212. The smallest absolute Gasteiger partial charge is 0.309 e. The van der Waals surface area contributed by atoms with Crippen LogP contribution in [0.5, 0.6) is 17.2 Å². The van der Waals surface area contributed by atoms with Crippen molar-refractivity contribution in [3.05, 3.63) is 47.5 Å². The number of Topliss-reactive ketones (excluding diaryl/α,β-unsaturated/α-hetero) is 1. The summed E-state index contributed by atoms with van der Waals surface area (Å²) < 4.78 is 40.6. The molecule has 0 bridgehead atoms. The monoisotopic (exact) mass is 519 g/mol. The molecule has 0 aliphatic rings. The number of carbonyl (C=O) groups excluding carboxylic acids is 3. The lowest BCUT2D eigenvalue weighted by atomic mass is 10.00. The van der Waals surface area contributed by atoms with E-state index in [1.165, 1.54) is 44.5 Å². The highest BCUT2D eigenvalue weighted by Crippen LogP contribution is 2.31. The van der Waals surface area contributed by atoms with Gasteiger partial charge in [0.2, 0.25) is 6.79 Å². The minimum atomic E-state index is -0.803. The minimum Gasteiger partial charge on any atom is -0.493 e. The van der Waals surface area contributed by atoms with Gasteiger partial charge in [-0.2, -0.15) is 0 Å². The van der Waals surface area contributed by atoms with Crippen LogP contribution in [0.4, 0.5) is 4.39 Å². The van der Waals surface area contributed by atoms with Gasteiger partial charge in [-0.05, 0) is 43.5 Å². The van der Waals surface area contributed by atoms with E-state index in [4.69, 9.17) is 23.7 Å². The molecule has 2 aromatic rings. The summed E-state index contributed by atoms with van der Waals surface area (Å²) in [4.78, 5) is 41.1. The van der Waals surface area contributed by atoms with Crippen molar-refractivity contribution in [1.29, 1.82) is 0 Å². The minimum absolute atomic E-state index is 0.00793. The van der Waals surface area contributed by atoms with Crippen LogP contribution in [0, 0.1) is 24.6 Å². The highest BCUT2D eigenvalue weighted by atomic mass is 19.1. The van der Waals surface area contributed by atoms with Gasteiger partial charge >= 0.3 is 11.9 Å². The number of rotatable bonds is 13. The first-order chi connectivity index (χ1) is 17.4. The molecular formula is C27H34FNO8. The third-order valence-corrected chi connectivity index (χ3v) is 5.53. The van der Waals surface area contributed by atoms with Crippen LogP contribution in [-0.4, -0.2) is 48.8 Å². The molecule has 3 atom stereocenters. The number of methoxy groups -OCH3 is 1. The second kappa shape index (κ2) is 13.6. The number of hydrogen-bond donors (Lipinski definition) is 0. The van der Waals surface area contributed by atoms with Crippen molar-refractivity contribution < 1.29 is 42.5 Å². The number of nitrogens with zero attached hydrogens (tertiary/aromatic N) is 1. The summed E-state index contributed by atoms with van der Waals surface area (Å²) in [5, 5.41) is 0. The molecule has 1 aromatic carbocycles. The molecule has 0 N–H and O–H groups in total. The van der Waals surface area contributed by atoms with E-state index in [0.717, 1.165) is 0 Å². The van der Waals surface area contributed by atoms with Crippen molar-refractivity contribution in [2.75, 3.05) is 13.9 Å². The van der Waals surface area contributed by atoms with Gasteiger partial charge in [0.05, 0.1) is 13.0 Å². The number of ether oxygens (including phenoxy) is 5. The zero-order chi connectivity index (χ0) is 27.7. The Morgan fingerprint density at radius 2 is 1.76 bits per heavy atom. The number of esters is 2. The Morgan fingerprint density at radius 3 is 2.35 bits per heavy atom. The molecule has 202 valence electrons. The number of benzene rings is 1. The molecule has 37 heavy (non-hydrogen) atoms. The average Bonchev–Trinajstić information content (AvgIpc) is 2.83. The Kier molecular flexibility index (Phi) is 10.8. The van der Waals surface area contributed by atoms with Crippen molar-refractivity contribution in [1.82, 2.24) is 4.98 Å². The highest BCUT2D eigenvalue weighted by molar-refractivity contribution is 5.99. The molecule has 0 unspecified atom stereocenters. The second-order valence-electron chi connectivity index (χ2n) is 9.00. The molecule has 1 aromatic heterocycles. The summed E-state index contributed by atoms with van der Waals surface area (Å²) in [7, 11) is 1.39. The van der Waals surface area contributed by atoms with Crippen LogP contribution < -0.4 is 14.2 Å². The molecule has 1 heterocycles. The predicted molar refractivity (Wildman–Crippen MR) is 132 cm³/mol. The van der Waals surface area contributed by atoms with Gasteiger partial charge in [-0.1, -0.05) is 20.8 Å². The molecule has 0 aliphatic carbocycles. The van der Waals surface area contributed by atoms with Gasteiger partial charge in [-0.15, -0.1) is 0 Å². The second-order valence-corrected chi connectivity index (χ2v) is 9.00. The molecule has 0 amide bonds. The zero-order valence-corrected chi connectivity index (χ0v) is 22.2. The molecule has 9 nitrogen and oxygen atoms in total. The number of aromatic nitrogens is 1. The largest absolute Gasteiger partial charge is 0.493 e. The van der Waals surface area contributed by atoms with Gasteiger partial charge in [0.25, 0.3) is 0 Å². The van der Waals surface area contributed by atoms with E-state index in [1.54, 1.807) is 20.8 Å². The van der Waals surface area contributed by atoms with Crippen molar-refractivity contribution in [2.24, 2.45) is 11.8 Å². The molecule has 0 saturated carbocycles. The summed E-state index contributed by atoms with van der Waals surface area (Å²) in [6.45, 7) is 9.63. The third-order valence-electron chi connectivity index (χ3n) is 5.53. The van der Waals surface area contributed by atoms with Crippen LogP contribution in [0.3, 0.4) is 0 Å². The number of ketones is 1. The van der Waals surface area contributed by atoms with Crippen LogP contribution >= 0.6 is 0 Å². The summed E-state index contributed by atoms with van der Waals surface area (Å²) in [6.07, 6.45) is 0.0170. The number of pyridine rings is 1. The Balaban J connectivity index is 2.10. The Morgan fingerprint density at radius 1 is 1.05 bits per heavy atom.